The number of aryl methyl sites for hydroxylation is 1. The van der Waals surface area contributed by atoms with Gasteiger partial charge in [-0.25, -0.2) is 15.0 Å². The van der Waals surface area contributed by atoms with E-state index in [1.165, 1.54) is 0 Å². The third-order valence-electron chi connectivity index (χ3n) is 6.37. The quantitative estimate of drug-likeness (QED) is 0.237. The topological polar surface area (TPSA) is 91.5 Å². The van der Waals surface area contributed by atoms with E-state index in [1.54, 1.807) is 37.2 Å². The van der Waals surface area contributed by atoms with Crippen molar-refractivity contribution >= 4 is 21.9 Å². The molecule has 0 aliphatic heterocycles. The molecule has 0 aliphatic rings. The van der Waals surface area contributed by atoms with Gasteiger partial charge in [0.05, 0.1) is 28.3 Å². The molecule has 0 spiro atoms. The number of hydrogen-bond acceptors (Lipinski definition) is 7. The van der Waals surface area contributed by atoms with Gasteiger partial charge in [-0.1, -0.05) is 0 Å². The number of hydrogen-bond donors (Lipinski definition) is 0. The van der Waals surface area contributed by atoms with Gasteiger partial charge in [0.2, 0.25) is 0 Å². The average Bonchev–Trinajstić information content (AvgIpc) is 3.32. The maximum Gasteiger partial charge on any atom is 0.160 e. The fourth-order valence-corrected chi connectivity index (χ4v) is 4.60. The number of imidazole rings is 1. The van der Waals surface area contributed by atoms with Gasteiger partial charge in [-0.05, 0) is 68.8 Å². The van der Waals surface area contributed by atoms with Gasteiger partial charge >= 0.3 is 0 Å². The molecule has 0 aliphatic carbocycles. The number of aromatic nitrogens is 7. The molecule has 0 amide bonds. The van der Waals surface area contributed by atoms with Gasteiger partial charge in [0, 0.05) is 72.4 Å². The lowest BCUT2D eigenvalue weighted by atomic mass is 10.1. The van der Waals surface area contributed by atoms with Crippen LogP contribution in [0.3, 0.4) is 0 Å². The fourth-order valence-electron chi connectivity index (χ4n) is 4.60. The van der Waals surface area contributed by atoms with Gasteiger partial charge in [-0.3, -0.25) is 15.0 Å². The van der Waals surface area contributed by atoms with Crippen LogP contribution in [-0.2, 0) is 11.3 Å². The summed E-state index contributed by atoms with van der Waals surface area (Å²) in [4.78, 5) is 27.6. The van der Waals surface area contributed by atoms with Crippen molar-refractivity contribution in [1.29, 1.82) is 0 Å². The highest BCUT2D eigenvalue weighted by atomic mass is 16.5. The van der Waals surface area contributed by atoms with E-state index >= 15 is 0 Å². The second kappa shape index (κ2) is 10.4. The summed E-state index contributed by atoms with van der Waals surface area (Å²) in [5, 5.41) is 0.961. The standard InChI is InChI=1S/C30H27N7O/c1-20(2)38-17-3-16-37-27-18-24-25(19-26(27)35-30(37)23-8-14-33-15-9-23)34-29(22-6-12-32-13-7-22)36-28(24)21-4-10-31-11-5-21/h4-15,18-20H,3,16-17H2,1-2H3. The second-order valence-electron chi connectivity index (χ2n) is 9.32. The molecule has 0 saturated carbocycles. The van der Waals surface area contributed by atoms with E-state index in [-0.39, 0.29) is 6.10 Å². The molecule has 188 valence electrons. The second-order valence-corrected chi connectivity index (χ2v) is 9.32. The Morgan fingerprint density at radius 3 is 2.00 bits per heavy atom. The molecule has 1 aromatic carbocycles. The van der Waals surface area contributed by atoms with Crippen LogP contribution in [0.5, 0.6) is 0 Å². The SMILES string of the molecule is CC(C)OCCCn1c(-c2ccncc2)nc2cc3nc(-c4ccncc4)nc(-c4ccncc4)c3cc21. The van der Waals surface area contributed by atoms with Crippen LogP contribution in [-0.4, -0.2) is 47.2 Å². The molecule has 8 nitrogen and oxygen atoms in total. The maximum absolute atomic E-state index is 5.83. The van der Waals surface area contributed by atoms with Crippen molar-refractivity contribution in [1.82, 2.24) is 34.5 Å². The van der Waals surface area contributed by atoms with Gasteiger partial charge in [0.25, 0.3) is 0 Å². The molecule has 0 radical (unpaired) electrons. The monoisotopic (exact) mass is 501 g/mol. The van der Waals surface area contributed by atoms with Gasteiger partial charge in [-0.2, -0.15) is 0 Å². The molecule has 5 heterocycles. The first kappa shape index (κ1) is 23.8. The minimum atomic E-state index is 0.202. The number of rotatable bonds is 8. The van der Waals surface area contributed by atoms with Crippen molar-refractivity contribution in [2.75, 3.05) is 6.61 Å². The van der Waals surface area contributed by atoms with Crippen LogP contribution in [0.4, 0.5) is 0 Å². The van der Waals surface area contributed by atoms with Crippen LogP contribution in [0.25, 0.3) is 56.0 Å². The molecule has 6 rings (SSSR count). The van der Waals surface area contributed by atoms with E-state index in [0.717, 1.165) is 63.1 Å². The van der Waals surface area contributed by atoms with Crippen LogP contribution in [0.2, 0.25) is 0 Å². The first-order valence-electron chi connectivity index (χ1n) is 12.7. The van der Waals surface area contributed by atoms with Crippen LogP contribution < -0.4 is 0 Å². The highest BCUT2D eigenvalue weighted by Gasteiger charge is 2.18. The van der Waals surface area contributed by atoms with Gasteiger partial charge in [-0.15, -0.1) is 0 Å². The third kappa shape index (κ3) is 4.73. The molecule has 0 fully saturated rings. The van der Waals surface area contributed by atoms with Crippen molar-refractivity contribution in [3.8, 4) is 34.0 Å². The molecule has 8 heteroatoms. The van der Waals surface area contributed by atoms with Gasteiger partial charge in [0.1, 0.15) is 5.82 Å². The predicted molar refractivity (Wildman–Crippen MR) is 148 cm³/mol. The Balaban J connectivity index is 1.57. The molecule has 0 atom stereocenters. The van der Waals surface area contributed by atoms with Crippen LogP contribution in [0.15, 0.2) is 85.7 Å². The highest BCUT2D eigenvalue weighted by molar-refractivity contribution is 6.01. The summed E-state index contributed by atoms with van der Waals surface area (Å²) in [7, 11) is 0. The van der Waals surface area contributed by atoms with Crippen LogP contribution in [0, 0.1) is 0 Å². The minimum absolute atomic E-state index is 0.202. The summed E-state index contributed by atoms with van der Waals surface area (Å²) in [6, 6.07) is 16.0. The number of nitrogens with zero attached hydrogens (tertiary/aromatic N) is 7. The van der Waals surface area contributed by atoms with Gasteiger partial charge < -0.3 is 9.30 Å². The summed E-state index contributed by atoms with van der Waals surface area (Å²) in [5.74, 6) is 1.54. The fraction of sp³-hybridized carbons (Fsp3) is 0.200. The molecule has 6 aromatic rings. The zero-order valence-corrected chi connectivity index (χ0v) is 21.3. The third-order valence-corrected chi connectivity index (χ3v) is 6.37. The Morgan fingerprint density at radius 1 is 0.711 bits per heavy atom. The van der Waals surface area contributed by atoms with E-state index in [4.69, 9.17) is 19.7 Å². The Hall–Kier alpha value is -4.56. The number of pyridine rings is 3. The number of benzene rings is 1. The first-order chi connectivity index (χ1) is 18.7. The summed E-state index contributed by atoms with van der Waals surface area (Å²) < 4.78 is 8.09. The predicted octanol–water partition coefficient (Wildman–Crippen LogP) is 5.98. The Bertz CT molecular complexity index is 1680. The van der Waals surface area contributed by atoms with E-state index in [2.05, 4.69) is 45.5 Å². The zero-order chi connectivity index (χ0) is 25.9. The van der Waals surface area contributed by atoms with Crippen LogP contribution in [0.1, 0.15) is 20.3 Å². The maximum atomic E-state index is 5.83. The average molecular weight is 502 g/mol. The molecular formula is C30H27N7O. The highest BCUT2D eigenvalue weighted by Crippen LogP contribution is 2.33. The molecular weight excluding hydrogens is 474 g/mol. The molecule has 0 unspecified atom stereocenters. The summed E-state index contributed by atoms with van der Waals surface area (Å²) in [5.41, 5.74) is 6.51. The lowest BCUT2D eigenvalue weighted by Crippen LogP contribution is -2.08. The molecule has 0 saturated heterocycles. The van der Waals surface area contributed by atoms with Crippen LogP contribution >= 0.6 is 0 Å². The van der Waals surface area contributed by atoms with Gasteiger partial charge in [0.15, 0.2) is 5.82 Å². The molecule has 5 aromatic heterocycles. The summed E-state index contributed by atoms with van der Waals surface area (Å²) in [6.07, 6.45) is 11.7. The smallest absolute Gasteiger partial charge is 0.160 e. The van der Waals surface area contributed by atoms with Crippen molar-refractivity contribution in [2.24, 2.45) is 0 Å². The van der Waals surface area contributed by atoms with Crippen molar-refractivity contribution in [3.05, 3.63) is 85.7 Å². The molecule has 38 heavy (non-hydrogen) atoms. The molecule has 0 N–H and O–H groups in total. The van der Waals surface area contributed by atoms with Crippen molar-refractivity contribution in [2.45, 2.75) is 32.9 Å². The Morgan fingerprint density at radius 2 is 1.34 bits per heavy atom. The Labute approximate surface area is 220 Å². The summed E-state index contributed by atoms with van der Waals surface area (Å²) >= 11 is 0. The van der Waals surface area contributed by atoms with E-state index < -0.39 is 0 Å². The van der Waals surface area contributed by atoms with E-state index in [9.17, 15) is 0 Å². The first-order valence-corrected chi connectivity index (χ1v) is 12.7. The van der Waals surface area contributed by atoms with E-state index in [1.807, 2.05) is 36.4 Å². The normalized spacial score (nSPS) is 11.6. The summed E-state index contributed by atoms with van der Waals surface area (Å²) in [6.45, 7) is 5.57. The minimum Gasteiger partial charge on any atom is -0.379 e. The number of ether oxygens (including phenoxy) is 1. The Kier molecular flexibility index (Phi) is 6.54. The lowest BCUT2D eigenvalue weighted by Gasteiger charge is -2.12. The number of fused-ring (bicyclic) bond motifs is 2. The molecule has 0 bridgehead atoms. The zero-order valence-electron chi connectivity index (χ0n) is 21.3. The lowest BCUT2D eigenvalue weighted by molar-refractivity contribution is 0.0751. The largest absolute Gasteiger partial charge is 0.379 e. The van der Waals surface area contributed by atoms with Crippen molar-refractivity contribution < 1.29 is 4.74 Å². The van der Waals surface area contributed by atoms with Crippen molar-refractivity contribution in [3.63, 3.8) is 0 Å². The van der Waals surface area contributed by atoms with E-state index in [0.29, 0.717) is 12.4 Å².